The van der Waals surface area contributed by atoms with E-state index in [4.69, 9.17) is 4.74 Å². The number of hydrogen-bond acceptors (Lipinski definition) is 2. The summed E-state index contributed by atoms with van der Waals surface area (Å²) >= 11 is 3.50. The van der Waals surface area contributed by atoms with Crippen molar-refractivity contribution in [2.75, 3.05) is 13.7 Å². The van der Waals surface area contributed by atoms with Crippen LogP contribution >= 0.6 is 15.9 Å². The standard InChI is InChI=1S/C15H22BrNO/c1-12(2)17-10-6-4-5-7-13-8-9-15(18-3)14(16)11-13/h4-5,8-9,11-12,17H,6-7,10H2,1-3H3. The van der Waals surface area contributed by atoms with Gasteiger partial charge in [0.2, 0.25) is 0 Å². The van der Waals surface area contributed by atoms with Crippen molar-refractivity contribution in [2.24, 2.45) is 0 Å². The summed E-state index contributed by atoms with van der Waals surface area (Å²) in [5.41, 5.74) is 1.29. The van der Waals surface area contributed by atoms with Crippen LogP contribution in [0.15, 0.2) is 34.8 Å². The summed E-state index contributed by atoms with van der Waals surface area (Å²) in [5, 5.41) is 3.39. The molecule has 0 saturated carbocycles. The lowest BCUT2D eigenvalue weighted by atomic mass is 10.1. The van der Waals surface area contributed by atoms with Gasteiger partial charge in [-0.1, -0.05) is 32.1 Å². The molecule has 0 fully saturated rings. The van der Waals surface area contributed by atoms with Gasteiger partial charge in [-0.3, -0.25) is 0 Å². The van der Waals surface area contributed by atoms with Crippen molar-refractivity contribution < 1.29 is 4.74 Å². The van der Waals surface area contributed by atoms with E-state index in [-0.39, 0.29) is 0 Å². The molecule has 1 rings (SSSR count). The average molecular weight is 312 g/mol. The molecule has 0 aromatic heterocycles. The third-order valence-corrected chi connectivity index (χ3v) is 3.22. The Balaban J connectivity index is 2.34. The molecule has 1 aromatic carbocycles. The van der Waals surface area contributed by atoms with Crippen LogP contribution in [0.5, 0.6) is 5.75 Å². The van der Waals surface area contributed by atoms with Gasteiger partial charge < -0.3 is 10.1 Å². The smallest absolute Gasteiger partial charge is 0.133 e. The first-order valence-corrected chi connectivity index (χ1v) is 7.13. The zero-order chi connectivity index (χ0) is 13.4. The van der Waals surface area contributed by atoms with Gasteiger partial charge in [-0.15, -0.1) is 0 Å². The van der Waals surface area contributed by atoms with E-state index in [1.165, 1.54) is 5.56 Å². The molecule has 0 unspecified atom stereocenters. The number of nitrogens with one attached hydrogen (secondary N) is 1. The van der Waals surface area contributed by atoms with E-state index in [0.717, 1.165) is 29.6 Å². The number of allylic oxidation sites excluding steroid dienone is 1. The van der Waals surface area contributed by atoms with Crippen molar-refractivity contribution >= 4 is 15.9 Å². The summed E-state index contributed by atoms with van der Waals surface area (Å²) in [5.74, 6) is 0.879. The highest BCUT2D eigenvalue weighted by Gasteiger charge is 1.99. The summed E-state index contributed by atoms with van der Waals surface area (Å²) in [6, 6.07) is 6.76. The second-order valence-electron chi connectivity index (χ2n) is 4.54. The fourth-order valence-electron chi connectivity index (χ4n) is 1.63. The van der Waals surface area contributed by atoms with Gasteiger partial charge in [0.1, 0.15) is 5.75 Å². The van der Waals surface area contributed by atoms with Crippen LogP contribution in [0.2, 0.25) is 0 Å². The Morgan fingerprint density at radius 2 is 2.11 bits per heavy atom. The predicted molar refractivity (Wildman–Crippen MR) is 81.3 cm³/mol. The molecule has 1 N–H and O–H groups in total. The quantitative estimate of drug-likeness (QED) is 0.608. The van der Waals surface area contributed by atoms with E-state index in [1.54, 1.807) is 7.11 Å². The van der Waals surface area contributed by atoms with Gasteiger partial charge in [-0.2, -0.15) is 0 Å². The Morgan fingerprint density at radius 1 is 1.33 bits per heavy atom. The Labute approximate surface area is 119 Å². The monoisotopic (exact) mass is 311 g/mol. The second kappa shape index (κ2) is 8.33. The minimum atomic E-state index is 0.566. The van der Waals surface area contributed by atoms with Crippen molar-refractivity contribution in [2.45, 2.75) is 32.7 Å². The molecule has 2 nitrogen and oxygen atoms in total. The Hall–Kier alpha value is -0.800. The fraction of sp³-hybridized carbons (Fsp3) is 0.467. The van der Waals surface area contributed by atoms with Gasteiger partial charge in [0.15, 0.2) is 0 Å². The molecule has 1 aromatic rings. The SMILES string of the molecule is COc1ccc(CC=CCCNC(C)C)cc1Br. The van der Waals surface area contributed by atoms with Gasteiger partial charge in [0, 0.05) is 6.04 Å². The molecule has 0 aliphatic carbocycles. The average Bonchev–Trinajstić information content (AvgIpc) is 2.33. The molecular formula is C15H22BrNO. The van der Waals surface area contributed by atoms with E-state index in [2.05, 4.69) is 59.4 Å². The molecule has 0 bridgehead atoms. The molecule has 0 radical (unpaired) electrons. The summed E-state index contributed by atoms with van der Waals surface area (Å²) in [7, 11) is 1.68. The van der Waals surface area contributed by atoms with Crippen molar-refractivity contribution in [1.82, 2.24) is 5.32 Å². The van der Waals surface area contributed by atoms with Gasteiger partial charge in [0.25, 0.3) is 0 Å². The maximum Gasteiger partial charge on any atom is 0.133 e. The molecule has 0 amide bonds. The van der Waals surface area contributed by atoms with Crippen LogP contribution in [0.25, 0.3) is 0 Å². The van der Waals surface area contributed by atoms with Gasteiger partial charge >= 0.3 is 0 Å². The molecule has 100 valence electrons. The molecule has 0 saturated heterocycles. The zero-order valence-electron chi connectivity index (χ0n) is 11.4. The highest BCUT2D eigenvalue weighted by Crippen LogP contribution is 2.25. The maximum atomic E-state index is 5.21. The molecule has 0 spiro atoms. The third-order valence-electron chi connectivity index (χ3n) is 2.60. The topological polar surface area (TPSA) is 21.3 Å². The van der Waals surface area contributed by atoms with Crippen LogP contribution in [0, 0.1) is 0 Å². The summed E-state index contributed by atoms with van der Waals surface area (Å²) in [6.07, 6.45) is 6.49. The van der Waals surface area contributed by atoms with Crippen LogP contribution in [-0.4, -0.2) is 19.7 Å². The largest absolute Gasteiger partial charge is 0.496 e. The summed E-state index contributed by atoms with van der Waals surface area (Å²) in [6.45, 7) is 5.37. The fourth-order valence-corrected chi connectivity index (χ4v) is 2.22. The summed E-state index contributed by atoms with van der Waals surface area (Å²) < 4.78 is 6.22. The van der Waals surface area contributed by atoms with Gasteiger partial charge in [0.05, 0.1) is 11.6 Å². The highest BCUT2D eigenvalue weighted by molar-refractivity contribution is 9.10. The van der Waals surface area contributed by atoms with E-state index in [0.29, 0.717) is 6.04 Å². The Bertz CT molecular complexity index is 388. The minimum Gasteiger partial charge on any atom is -0.496 e. The molecule has 0 aliphatic heterocycles. The molecule has 18 heavy (non-hydrogen) atoms. The zero-order valence-corrected chi connectivity index (χ0v) is 13.0. The van der Waals surface area contributed by atoms with Crippen LogP contribution in [0.1, 0.15) is 25.8 Å². The first kappa shape index (κ1) is 15.3. The van der Waals surface area contributed by atoms with Gasteiger partial charge in [-0.25, -0.2) is 0 Å². The van der Waals surface area contributed by atoms with Gasteiger partial charge in [-0.05, 0) is 53.0 Å². The Kier molecular flexibility index (Phi) is 7.06. The lowest BCUT2D eigenvalue weighted by Gasteiger charge is -2.05. The van der Waals surface area contributed by atoms with E-state index >= 15 is 0 Å². The van der Waals surface area contributed by atoms with Crippen LogP contribution < -0.4 is 10.1 Å². The van der Waals surface area contributed by atoms with Crippen molar-refractivity contribution in [3.63, 3.8) is 0 Å². The molecule has 3 heteroatoms. The molecule has 0 heterocycles. The number of hydrogen-bond donors (Lipinski definition) is 1. The van der Waals surface area contributed by atoms with E-state index < -0.39 is 0 Å². The first-order chi connectivity index (χ1) is 8.63. The van der Waals surface area contributed by atoms with Crippen molar-refractivity contribution in [3.8, 4) is 5.75 Å². The summed E-state index contributed by atoms with van der Waals surface area (Å²) in [4.78, 5) is 0. The lowest BCUT2D eigenvalue weighted by Crippen LogP contribution is -2.23. The van der Waals surface area contributed by atoms with Crippen molar-refractivity contribution in [3.05, 3.63) is 40.4 Å². The van der Waals surface area contributed by atoms with Crippen LogP contribution in [-0.2, 0) is 6.42 Å². The molecule has 0 aliphatic rings. The first-order valence-electron chi connectivity index (χ1n) is 6.34. The second-order valence-corrected chi connectivity index (χ2v) is 5.40. The third kappa shape index (κ3) is 5.69. The predicted octanol–water partition coefficient (Wildman–Crippen LogP) is 3.94. The number of benzene rings is 1. The minimum absolute atomic E-state index is 0.566. The maximum absolute atomic E-state index is 5.21. The Morgan fingerprint density at radius 3 is 2.72 bits per heavy atom. The lowest BCUT2D eigenvalue weighted by molar-refractivity contribution is 0.412. The van der Waals surface area contributed by atoms with Crippen molar-refractivity contribution in [1.29, 1.82) is 0 Å². The van der Waals surface area contributed by atoms with Crippen LogP contribution in [0.4, 0.5) is 0 Å². The highest BCUT2D eigenvalue weighted by atomic mass is 79.9. The molecule has 0 atom stereocenters. The number of halogens is 1. The van der Waals surface area contributed by atoms with E-state index in [1.807, 2.05) is 6.07 Å². The number of ether oxygens (including phenoxy) is 1. The number of rotatable bonds is 7. The van der Waals surface area contributed by atoms with E-state index in [9.17, 15) is 0 Å². The van der Waals surface area contributed by atoms with Crippen LogP contribution in [0.3, 0.4) is 0 Å². The molecular weight excluding hydrogens is 290 g/mol. The number of methoxy groups -OCH3 is 1. The normalized spacial score (nSPS) is 11.4.